The molecular formula is C14H17BrF3NO2. The van der Waals surface area contributed by atoms with Gasteiger partial charge in [0.05, 0.1) is 11.1 Å². The lowest BCUT2D eigenvalue weighted by Crippen LogP contribution is -2.46. The third-order valence-electron chi connectivity index (χ3n) is 3.40. The molecule has 0 bridgehead atoms. The number of carbonyl (C=O) groups excluding carboxylic acids is 1. The highest BCUT2D eigenvalue weighted by Gasteiger charge is 2.32. The van der Waals surface area contributed by atoms with Gasteiger partial charge in [0.1, 0.15) is 0 Å². The molecule has 1 aromatic rings. The molecule has 0 saturated carbocycles. The number of alkyl halides is 3. The van der Waals surface area contributed by atoms with E-state index in [0.717, 1.165) is 12.1 Å². The molecule has 2 N–H and O–H groups in total. The number of amides is 1. The van der Waals surface area contributed by atoms with Crippen LogP contribution in [0.15, 0.2) is 22.7 Å². The Labute approximate surface area is 129 Å². The maximum absolute atomic E-state index is 12.7. The van der Waals surface area contributed by atoms with Crippen molar-refractivity contribution in [2.75, 3.05) is 6.61 Å². The molecule has 0 aromatic heterocycles. The van der Waals surface area contributed by atoms with E-state index < -0.39 is 23.2 Å². The first kappa shape index (κ1) is 18.0. The Balaban J connectivity index is 3.07. The van der Waals surface area contributed by atoms with Crippen LogP contribution in [-0.4, -0.2) is 23.2 Å². The van der Waals surface area contributed by atoms with Crippen LogP contribution in [0.25, 0.3) is 0 Å². The standard InChI is InChI=1S/C14H17BrF3NO2/c1-3-13(2,6-7-20)19-12(21)10-8-9(14(16,17)18)4-5-11(10)15/h4-5,8,20H,3,6-7H2,1-2H3,(H,19,21). The second-order valence-electron chi connectivity index (χ2n) is 5.03. The Morgan fingerprint density at radius 2 is 2.00 bits per heavy atom. The number of aliphatic hydroxyl groups is 1. The number of hydrogen-bond donors (Lipinski definition) is 2. The molecule has 0 heterocycles. The Kier molecular flexibility index (Phi) is 5.81. The Hall–Kier alpha value is -1.08. The molecule has 0 fully saturated rings. The van der Waals surface area contributed by atoms with Crippen molar-refractivity contribution in [3.63, 3.8) is 0 Å². The van der Waals surface area contributed by atoms with Crippen molar-refractivity contribution in [1.82, 2.24) is 5.32 Å². The van der Waals surface area contributed by atoms with E-state index in [2.05, 4.69) is 21.2 Å². The molecule has 0 aliphatic rings. The zero-order valence-electron chi connectivity index (χ0n) is 11.7. The second kappa shape index (κ2) is 6.79. The van der Waals surface area contributed by atoms with Crippen LogP contribution >= 0.6 is 15.9 Å². The van der Waals surface area contributed by atoms with E-state index in [1.54, 1.807) is 6.92 Å². The molecule has 7 heteroatoms. The number of halogens is 4. The minimum Gasteiger partial charge on any atom is -0.396 e. The van der Waals surface area contributed by atoms with Crippen LogP contribution in [0.1, 0.15) is 42.6 Å². The highest BCUT2D eigenvalue weighted by molar-refractivity contribution is 9.10. The van der Waals surface area contributed by atoms with Crippen LogP contribution in [0.5, 0.6) is 0 Å². The van der Waals surface area contributed by atoms with E-state index in [1.807, 2.05) is 6.92 Å². The summed E-state index contributed by atoms with van der Waals surface area (Å²) in [5.41, 5.74) is -1.63. The number of rotatable bonds is 5. The monoisotopic (exact) mass is 367 g/mol. The molecule has 0 aliphatic carbocycles. The van der Waals surface area contributed by atoms with Gasteiger partial charge in [-0.25, -0.2) is 0 Å². The van der Waals surface area contributed by atoms with Gasteiger partial charge in [-0.05, 0) is 53.9 Å². The SMILES string of the molecule is CCC(C)(CCO)NC(=O)c1cc(C(F)(F)F)ccc1Br. The summed E-state index contributed by atoms with van der Waals surface area (Å²) in [4.78, 5) is 12.2. The van der Waals surface area contributed by atoms with E-state index in [0.29, 0.717) is 12.8 Å². The average Bonchev–Trinajstić information content (AvgIpc) is 2.37. The summed E-state index contributed by atoms with van der Waals surface area (Å²) < 4.78 is 38.4. The van der Waals surface area contributed by atoms with Gasteiger partial charge < -0.3 is 10.4 Å². The minimum absolute atomic E-state index is 0.0811. The first-order valence-electron chi connectivity index (χ1n) is 6.43. The third-order valence-corrected chi connectivity index (χ3v) is 4.09. The molecule has 0 spiro atoms. The maximum Gasteiger partial charge on any atom is 0.416 e. The lowest BCUT2D eigenvalue weighted by Gasteiger charge is -2.29. The van der Waals surface area contributed by atoms with Crippen LogP contribution in [0.4, 0.5) is 13.2 Å². The van der Waals surface area contributed by atoms with Crippen molar-refractivity contribution in [2.45, 2.75) is 38.4 Å². The largest absolute Gasteiger partial charge is 0.416 e. The van der Waals surface area contributed by atoms with Gasteiger partial charge in [-0.3, -0.25) is 4.79 Å². The van der Waals surface area contributed by atoms with Crippen LogP contribution in [0, 0.1) is 0 Å². The molecule has 1 rings (SSSR count). The number of carbonyl (C=O) groups is 1. The molecule has 3 nitrogen and oxygen atoms in total. The zero-order valence-corrected chi connectivity index (χ0v) is 13.3. The van der Waals surface area contributed by atoms with Gasteiger partial charge in [0.25, 0.3) is 5.91 Å². The van der Waals surface area contributed by atoms with Crippen molar-refractivity contribution in [2.24, 2.45) is 0 Å². The first-order valence-corrected chi connectivity index (χ1v) is 7.22. The molecule has 0 saturated heterocycles. The van der Waals surface area contributed by atoms with Gasteiger partial charge >= 0.3 is 6.18 Å². The fourth-order valence-corrected chi connectivity index (χ4v) is 2.22. The average molecular weight is 368 g/mol. The number of benzene rings is 1. The summed E-state index contributed by atoms with van der Waals surface area (Å²) >= 11 is 3.09. The van der Waals surface area contributed by atoms with Crippen LogP contribution < -0.4 is 5.32 Å². The molecule has 0 aliphatic heterocycles. The van der Waals surface area contributed by atoms with Crippen LogP contribution in [-0.2, 0) is 6.18 Å². The maximum atomic E-state index is 12.7. The van der Waals surface area contributed by atoms with E-state index in [1.165, 1.54) is 6.07 Å². The normalized spacial score (nSPS) is 14.6. The Bertz CT molecular complexity index is 519. The van der Waals surface area contributed by atoms with Crippen molar-refractivity contribution < 1.29 is 23.1 Å². The quantitative estimate of drug-likeness (QED) is 0.832. The van der Waals surface area contributed by atoms with E-state index >= 15 is 0 Å². The molecule has 0 radical (unpaired) electrons. The molecule has 1 aromatic carbocycles. The third kappa shape index (κ3) is 4.71. The predicted octanol–water partition coefficient (Wildman–Crippen LogP) is 3.75. The van der Waals surface area contributed by atoms with Gasteiger partial charge in [0, 0.05) is 16.6 Å². The van der Waals surface area contributed by atoms with Gasteiger partial charge in [-0.15, -0.1) is 0 Å². The lowest BCUT2D eigenvalue weighted by molar-refractivity contribution is -0.137. The zero-order chi connectivity index (χ0) is 16.3. The Morgan fingerprint density at radius 1 is 1.38 bits per heavy atom. The lowest BCUT2D eigenvalue weighted by atomic mass is 9.94. The summed E-state index contributed by atoms with van der Waals surface area (Å²) in [6, 6.07) is 2.93. The summed E-state index contributed by atoms with van der Waals surface area (Å²) in [5.74, 6) is -0.606. The number of aliphatic hydroxyl groups excluding tert-OH is 1. The molecule has 21 heavy (non-hydrogen) atoms. The first-order chi connectivity index (χ1) is 9.63. The molecule has 1 unspecified atom stereocenters. The minimum atomic E-state index is -4.51. The molecule has 1 atom stereocenters. The van der Waals surface area contributed by atoms with Crippen molar-refractivity contribution >= 4 is 21.8 Å². The summed E-state index contributed by atoms with van der Waals surface area (Å²) in [6.07, 6.45) is -3.63. The number of hydrogen-bond acceptors (Lipinski definition) is 2. The van der Waals surface area contributed by atoms with Crippen molar-refractivity contribution in [1.29, 1.82) is 0 Å². The fourth-order valence-electron chi connectivity index (χ4n) is 1.79. The highest BCUT2D eigenvalue weighted by atomic mass is 79.9. The van der Waals surface area contributed by atoms with Gasteiger partial charge in [0.15, 0.2) is 0 Å². The fraction of sp³-hybridized carbons (Fsp3) is 0.500. The van der Waals surface area contributed by atoms with Crippen LogP contribution in [0.2, 0.25) is 0 Å². The summed E-state index contributed by atoms with van der Waals surface area (Å²) in [5, 5.41) is 11.7. The smallest absolute Gasteiger partial charge is 0.396 e. The summed E-state index contributed by atoms with van der Waals surface area (Å²) in [6.45, 7) is 3.45. The van der Waals surface area contributed by atoms with Crippen molar-refractivity contribution in [3.05, 3.63) is 33.8 Å². The van der Waals surface area contributed by atoms with E-state index in [4.69, 9.17) is 5.11 Å². The van der Waals surface area contributed by atoms with E-state index in [9.17, 15) is 18.0 Å². The summed E-state index contributed by atoms with van der Waals surface area (Å²) in [7, 11) is 0. The van der Waals surface area contributed by atoms with E-state index in [-0.39, 0.29) is 16.6 Å². The van der Waals surface area contributed by atoms with Crippen LogP contribution in [0.3, 0.4) is 0 Å². The molecule has 118 valence electrons. The highest BCUT2D eigenvalue weighted by Crippen LogP contribution is 2.32. The van der Waals surface area contributed by atoms with Crippen molar-refractivity contribution in [3.8, 4) is 0 Å². The number of nitrogens with one attached hydrogen (secondary N) is 1. The van der Waals surface area contributed by atoms with Gasteiger partial charge in [0.2, 0.25) is 0 Å². The van der Waals surface area contributed by atoms with Gasteiger partial charge in [-0.2, -0.15) is 13.2 Å². The second-order valence-corrected chi connectivity index (χ2v) is 5.89. The predicted molar refractivity (Wildman–Crippen MR) is 77.0 cm³/mol. The van der Waals surface area contributed by atoms with Gasteiger partial charge in [-0.1, -0.05) is 6.92 Å². The molecule has 1 amide bonds. The topological polar surface area (TPSA) is 49.3 Å². The Morgan fingerprint density at radius 3 is 2.48 bits per heavy atom. The molecular weight excluding hydrogens is 351 g/mol.